The largest absolute Gasteiger partial charge is 0.390 e. The number of hydrogen-bond donors (Lipinski definition) is 2. The maximum Gasteiger partial charge on any atom is 0.148 e. The van der Waals surface area contributed by atoms with Gasteiger partial charge in [-0.25, -0.2) is 4.98 Å². The first-order valence-corrected chi connectivity index (χ1v) is 7.04. The number of aliphatic hydroxyl groups is 1. The van der Waals surface area contributed by atoms with Crippen LogP contribution in [0.5, 0.6) is 0 Å². The van der Waals surface area contributed by atoms with Gasteiger partial charge in [-0.15, -0.1) is 0 Å². The van der Waals surface area contributed by atoms with Gasteiger partial charge in [0.05, 0.1) is 23.5 Å². The Bertz CT molecular complexity index is 627. The molecule has 0 aliphatic heterocycles. The van der Waals surface area contributed by atoms with Crippen LogP contribution in [0.1, 0.15) is 35.5 Å². The first kappa shape index (κ1) is 13.1. The van der Waals surface area contributed by atoms with E-state index in [1.165, 1.54) is 5.56 Å². The van der Waals surface area contributed by atoms with E-state index in [0.29, 0.717) is 6.42 Å². The molecule has 1 aromatic carbocycles. The Labute approximate surface area is 118 Å². The lowest BCUT2D eigenvalue weighted by molar-refractivity contribution is 0.165. The van der Waals surface area contributed by atoms with E-state index in [-0.39, 0.29) is 6.04 Å². The maximum absolute atomic E-state index is 10.3. The number of nitrogens with zero attached hydrogens (tertiary/aromatic N) is 2. The van der Waals surface area contributed by atoms with E-state index in [9.17, 15) is 5.11 Å². The van der Waals surface area contributed by atoms with Crippen LogP contribution in [0.4, 0.5) is 5.82 Å². The Hall–Kier alpha value is -1.94. The van der Waals surface area contributed by atoms with E-state index in [4.69, 9.17) is 0 Å². The van der Waals surface area contributed by atoms with Crippen molar-refractivity contribution in [1.82, 2.24) is 9.97 Å². The van der Waals surface area contributed by atoms with Gasteiger partial charge in [0, 0.05) is 12.6 Å². The summed E-state index contributed by atoms with van der Waals surface area (Å²) in [7, 11) is 0. The normalized spacial score (nSPS) is 20.8. The quantitative estimate of drug-likeness (QED) is 0.898. The number of anilines is 1. The van der Waals surface area contributed by atoms with Crippen LogP contribution >= 0.6 is 0 Å². The van der Waals surface area contributed by atoms with Crippen molar-refractivity contribution in [3.8, 4) is 0 Å². The lowest BCUT2D eigenvalue weighted by atomic mass is 10.1. The van der Waals surface area contributed by atoms with Crippen molar-refractivity contribution in [2.24, 2.45) is 0 Å². The van der Waals surface area contributed by atoms with Crippen LogP contribution in [0.15, 0.2) is 30.5 Å². The predicted molar refractivity (Wildman–Crippen MR) is 78.7 cm³/mol. The molecule has 1 aliphatic rings. The molecule has 0 saturated carbocycles. The highest BCUT2D eigenvalue weighted by Gasteiger charge is 2.31. The van der Waals surface area contributed by atoms with Crippen LogP contribution in [0.2, 0.25) is 0 Å². The minimum atomic E-state index is -0.418. The minimum Gasteiger partial charge on any atom is -0.390 e. The highest BCUT2D eigenvalue weighted by atomic mass is 16.3. The molecule has 2 atom stereocenters. The van der Waals surface area contributed by atoms with Gasteiger partial charge in [0.25, 0.3) is 0 Å². The summed E-state index contributed by atoms with van der Waals surface area (Å²) in [6.45, 7) is 3.99. The number of aromatic nitrogens is 2. The third-order valence-electron chi connectivity index (χ3n) is 3.86. The number of fused-ring (bicyclic) bond motifs is 1. The molecule has 1 unspecified atom stereocenters. The Balaban J connectivity index is 1.92. The van der Waals surface area contributed by atoms with Gasteiger partial charge in [0.15, 0.2) is 0 Å². The summed E-state index contributed by atoms with van der Waals surface area (Å²) < 4.78 is 0. The van der Waals surface area contributed by atoms with Gasteiger partial charge in [-0.1, -0.05) is 31.2 Å². The first-order chi connectivity index (χ1) is 9.69. The molecule has 0 bridgehead atoms. The Morgan fingerprint density at radius 3 is 2.95 bits per heavy atom. The number of aliphatic hydroxyl groups excluding tert-OH is 1. The third-order valence-corrected chi connectivity index (χ3v) is 3.86. The molecule has 0 saturated heterocycles. The van der Waals surface area contributed by atoms with E-state index < -0.39 is 6.10 Å². The van der Waals surface area contributed by atoms with Gasteiger partial charge < -0.3 is 10.4 Å². The van der Waals surface area contributed by atoms with Gasteiger partial charge >= 0.3 is 0 Å². The van der Waals surface area contributed by atoms with Crippen molar-refractivity contribution in [2.45, 2.75) is 38.8 Å². The summed E-state index contributed by atoms with van der Waals surface area (Å²) >= 11 is 0. The van der Waals surface area contributed by atoms with Gasteiger partial charge in [-0.05, 0) is 24.5 Å². The lowest BCUT2D eigenvalue weighted by Gasteiger charge is -2.19. The van der Waals surface area contributed by atoms with E-state index in [1.807, 2.05) is 19.1 Å². The number of rotatable bonds is 3. The van der Waals surface area contributed by atoms with Crippen molar-refractivity contribution in [3.05, 3.63) is 53.0 Å². The summed E-state index contributed by atoms with van der Waals surface area (Å²) in [6, 6.07) is 8.05. The van der Waals surface area contributed by atoms with Gasteiger partial charge in [-0.3, -0.25) is 4.98 Å². The SMILES string of the molecule is CCc1cnc(C)c(NC2c3ccccc3C[C@@H]2O)n1. The molecule has 0 spiro atoms. The van der Waals surface area contributed by atoms with Crippen LogP contribution in [-0.2, 0) is 12.8 Å². The summed E-state index contributed by atoms with van der Waals surface area (Å²) in [5.41, 5.74) is 4.18. The number of benzene rings is 1. The molecular weight excluding hydrogens is 250 g/mol. The summed E-state index contributed by atoms with van der Waals surface area (Å²) in [4.78, 5) is 8.94. The second-order valence-corrected chi connectivity index (χ2v) is 5.24. The fourth-order valence-corrected chi connectivity index (χ4v) is 2.69. The average Bonchev–Trinajstić information content (AvgIpc) is 2.77. The van der Waals surface area contributed by atoms with Crippen molar-refractivity contribution >= 4 is 5.82 Å². The molecule has 4 heteroatoms. The molecule has 4 nitrogen and oxygen atoms in total. The summed E-state index contributed by atoms with van der Waals surface area (Å²) in [6.07, 6.45) is 2.93. The molecular formula is C16H19N3O. The highest BCUT2D eigenvalue weighted by Crippen LogP contribution is 2.34. The monoisotopic (exact) mass is 269 g/mol. The lowest BCUT2D eigenvalue weighted by Crippen LogP contribution is -2.22. The third kappa shape index (κ3) is 2.27. The second-order valence-electron chi connectivity index (χ2n) is 5.24. The van der Waals surface area contributed by atoms with Gasteiger partial charge in [0.1, 0.15) is 5.82 Å². The Morgan fingerprint density at radius 2 is 2.15 bits per heavy atom. The molecule has 3 rings (SSSR count). The zero-order valence-electron chi connectivity index (χ0n) is 11.8. The average molecular weight is 269 g/mol. The smallest absolute Gasteiger partial charge is 0.148 e. The number of hydrogen-bond acceptors (Lipinski definition) is 4. The summed E-state index contributed by atoms with van der Waals surface area (Å²) in [5.74, 6) is 0.769. The van der Waals surface area contributed by atoms with Crippen LogP contribution in [0.3, 0.4) is 0 Å². The summed E-state index contributed by atoms with van der Waals surface area (Å²) in [5, 5.41) is 13.6. The minimum absolute atomic E-state index is 0.105. The van der Waals surface area contributed by atoms with Gasteiger partial charge in [-0.2, -0.15) is 0 Å². The molecule has 2 N–H and O–H groups in total. The van der Waals surface area contributed by atoms with E-state index in [0.717, 1.165) is 29.2 Å². The van der Waals surface area contributed by atoms with Crippen molar-refractivity contribution in [3.63, 3.8) is 0 Å². The number of aryl methyl sites for hydroxylation is 2. The topological polar surface area (TPSA) is 58.0 Å². The van der Waals surface area contributed by atoms with Crippen LogP contribution in [-0.4, -0.2) is 21.2 Å². The van der Waals surface area contributed by atoms with Crippen molar-refractivity contribution in [1.29, 1.82) is 0 Å². The van der Waals surface area contributed by atoms with Crippen molar-refractivity contribution < 1.29 is 5.11 Å². The molecule has 1 heterocycles. The molecule has 0 amide bonds. The molecule has 1 aliphatic carbocycles. The van der Waals surface area contributed by atoms with Crippen LogP contribution < -0.4 is 5.32 Å². The second kappa shape index (κ2) is 5.21. The predicted octanol–water partition coefficient (Wildman–Crippen LogP) is 2.42. The van der Waals surface area contributed by atoms with E-state index in [1.54, 1.807) is 6.20 Å². The zero-order chi connectivity index (χ0) is 14.1. The molecule has 20 heavy (non-hydrogen) atoms. The maximum atomic E-state index is 10.3. The van der Waals surface area contributed by atoms with Crippen LogP contribution in [0, 0.1) is 6.92 Å². The Morgan fingerprint density at radius 1 is 1.35 bits per heavy atom. The standard InChI is InChI=1S/C16H19N3O/c1-3-12-9-17-10(2)16(18-12)19-15-13-7-5-4-6-11(13)8-14(15)20/h4-7,9,14-15,20H,3,8H2,1-2H3,(H,18,19)/t14-,15?/m0/s1. The van der Waals surface area contributed by atoms with Crippen molar-refractivity contribution in [2.75, 3.05) is 5.32 Å². The fraction of sp³-hybridized carbons (Fsp3) is 0.375. The van der Waals surface area contributed by atoms with Gasteiger partial charge in [0.2, 0.25) is 0 Å². The highest BCUT2D eigenvalue weighted by molar-refractivity contribution is 5.47. The Kier molecular flexibility index (Phi) is 3.40. The molecule has 104 valence electrons. The van der Waals surface area contributed by atoms with E-state index in [2.05, 4.69) is 34.3 Å². The molecule has 1 aromatic heterocycles. The van der Waals surface area contributed by atoms with E-state index >= 15 is 0 Å². The first-order valence-electron chi connectivity index (χ1n) is 7.04. The van der Waals surface area contributed by atoms with Crippen LogP contribution in [0.25, 0.3) is 0 Å². The zero-order valence-corrected chi connectivity index (χ0v) is 11.8. The molecule has 0 radical (unpaired) electrons. The molecule has 2 aromatic rings. The fourth-order valence-electron chi connectivity index (χ4n) is 2.69. The number of nitrogens with one attached hydrogen (secondary N) is 1. The molecule has 0 fully saturated rings.